The molecule has 0 spiro atoms. The maximum atomic E-state index is 4.80. The lowest BCUT2D eigenvalue weighted by Crippen LogP contribution is -2.26. The molecule has 4 rings (SSSR count). The number of allylic oxidation sites excluding steroid dienone is 1. The van der Waals surface area contributed by atoms with Crippen molar-refractivity contribution >= 4 is 33.7 Å². The Morgan fingerprint density at radius 1 is 1.32 bits per heavy atom. The van der Waals surface area contributed by atoms with Crippen molar-refractivity contribution in [1.29, 1.82) is 0 Å². The highest BCUT2D eigenvalue weighted by atomic mass is 32.1. The van der Waals surface area contributed by atoms with Crippen LogP contribution >= 0.6 is 11.3 Å². The van der Waals surface area contributed by atoms with Crippen molar-refractivity contribution in [3.05, 3.63) is 48.0 Å². The lowest BCUT2D eigenvalue weighted by Gasteiger charge is -2.26. The Bertz CT molecular complexity index is 848. The Kier molecular flexibility index (Phi) is 3.19. The number of imidazole rings is 1. The van der Waals surface area contributed by atoms with E-state index in [1.54, 1.807) is 29.9 Å². The summed E-state index contributed by atoms with van der Waals surface area (Å²) in [6.07, 6.45) is 11.2. The monoisotopic (exact) mass is 310 g/mol. The van der Waals surface area contributed by atoms with Crippen molar-refractivity contribution in [3.63, 3.8) is 0 Å². The second kappa shape index (κ2) is 5.34. The number of anilines is 1. The Morgan fingerprint density at radius 2 is 2.27 bits per heavy atom. The van der Waals surface area contributed by atoms with E-state index in [-0.39, 0.29) is 6.04 Å². The lowest BCUT2D eigenvalue weighted by molar-refractivity contribution is 0.637. The van der Waals surface area contributed by atoms with Crippen LogP contribution in [0.4, 0.5) is 5.13 Å². The van der Waals surface area contributed by atoms with Crippen molar-refractivity contribution < 1.29 is 0 Å². The van der Waals surface area contributed by atoms with Crippen LogP contribution in [0.2, 0.25) is 0 Å². The van der Waals surface area contributed by atoms with Crippen LogP contribution in [0.25, 0.3) is 11.0 Å². The van der Waals surface area contributed by atoms with E-state index in [0.717, 1.165) is 28.5 Å². The van der Waals surface area contributed by atoms with Crippen LogP contribution in [0.3, 0.4) is 0 Å². The first-order valence-electron chi connectivity index (χ1n) is 7.08. The van der Waals surface area contributed by atoms with Gasteiger partial charge in [-0.15, -0.1) is 11.3 Å². The van der Waals surface area contributed by atoms with Gasteiger partial charge in [-0.25, -0.2) is 15.0 Å². The number of fused-ring (bicyclic) bond motifs is 1. The lowest BCUT2D eigenvalue weighted by atomic mass is 10.2. The van der Waals surface area contributed by atoms with E-state index in [0.29, 0.717) is 0 Å². The van der Waals surface area contributed by atoms with Gasteiger partial charge in [-0.3, -0.25) is 4.98 Å². The minimum absolute atomic E-state index is 0.0662. The second-order valence-electron chi connectivity index (χ2n) is 4.83. The van der Waals surface area contributed by atoms with Gasteiger partial charge in [0.05, 0.1) is 17.2 Å². The molecule has 22 heavy (non-hydrogen) atoms. The van der Waals surface area contributed by atoms with Gasteiger partial charge in [0.25, 0.3) is 0 Å². The summed E-state index contributed by atoms with van der Waals surface area (Å²) in [6, 6.07) is 1.87. The third kappa shape index (κ3) is 2.01. The van der Waals surface area contributed by atoms with Crippen LogP contribution in [0.1, 0.15) is 18.8 Å². The largest absolute Gasteiger partial charge is 0.325 e. The van der Waals surface area contributed by atoms with Crippen molar-refractivity contribution in [2.24, 2.45) is 5.10 Å². The number of thiazole rings is 1. The zero-order valence-electron chi connectivity index (χ0n) is 12.0. The van der Waals surface area contributed by atoms with Crippen molar-refractivity contribution in [3.8, 4) is 0 Å². The molecule has 4 heterocycles. The summed E-state index contributed by atoms with van der Waals surface area (Å²) in [5.41, 5.74) is 2.00. The Morgan fingerprint density at radius 3 is 3.09 bits per heavy atom. The summed E-state index contributed by atoms with van der Waals surface area (Å²) in [6.45, 7) is 2.94. The second-order valence-corrected chi connectivity index (χ2v) is 5.71. The number of rotatable bonds is 3. The first-order valence-corrected chi connectivity index (χ1v) is 7.96. The van der Waals surface area contributed by atoms with Gasteiger partial charge in [0.15, 0.2) is 0 Å². The molecule has 1 unspecified atom stereocenters. The summed E-state index contributed by atoms with van der Waals surface area (Å²) in [7, 11) is 0. The molecule has 1 atom stereocenters. The fraction of sp³-hybridized carbons (Fsp3) is 0.200. The van der Waals surface area contributed by atoms with Crippen molar-refractivity contribution in [2.75, 3.05) is 5.01 Å². The number of pyridine rings is 1. The number of aryl methyl sites for hydroxylation is 1. The Hall–Kier alpha value is -2.54. The zero-order chi connectivity index (χ0) is 14.9. The van der Waals surface area contributed by atoms with E-state index in [1.165, 1.54) is 0 Å². The molecule has 0 aliphatic carbocycles. The number of aromatic nitrogens is 4. The van der Waals surface area contributed by atoms with Gasteiger partial charge in [-0.2, -0.15) is 5.10 Å². The van der Waals surface area contributed by atoms with Crippen LogP contribution in [-0.4, -0.2) is 25.7 Å². The van der Waals surface area contributed by atoms with E-state index >= 15 is 0 Å². The van der Waals surface area contributed by atoms with Crippen molar-refractivity contribution in [1.82, 2.24) is 19.5 Å². The van der Waals surface area contributed by atoms with E-state index in [2.05, 4.69) is 32.6 Å². The molecular weight excluding hydrogens is 296 g/mol. The zero-order valence-corrected chi connectivity index (χ0v) is 12.8. The fourth-order valence-corrected chi connectivity index (χ4v) is 3.29. The van der Waals surface area contributed by atoms with E-state index in [4.69, 9.17) is 4.98 Å². The van der Waals surface area contributed by atoms with E-state index < -0.39 is 0 Å². The van der Waals surface area contributed by atoms with Crippen LogP contribution in [0.5, 0.6) is 0 Å². The predicted octanol–water partition coefficient (Wildman–Crippen LogP) is 3.01. The van der Waals surface area contributed by atoms with Crippen LogP contribution in [-0.2, 0) is 6.54 Å². The summed E-state index contributed by atoms with van der Waals surface area (Å²) >= 11 is 1.57. The maximum absolute atomic E-state index is 4.80. The number of hydrogen-bond donors (Lipinski definition) is 0. The summed E-state index contributed by atoms with van der Waals surface area (Å²) in [4.78, 5) is 13.4. The van der Waals surface area contributed by atoms with Crippen LogP contribution in [0, 0.1) is 0 Å². The van der Waals surface area contributed by atoms with Gasteiger partial charge in [0, 0.05) is 30.5 Å². The first-order chi connectivity index (χ1) is 10.9. The first kappa shape index (κ1) is 13.1. The number of hydrogen-bond acceptors (Lipinski definition) is 6. The average Bonchev–Trinajstić information content (AvgIpc) is 3.22. The standard InChI is InChI=1S/C15H14N6S/c1-2-20-13-10-16-7-5-11(13)19-14(20)12-4-3-6-18-21(12)15-17-8-9-22-15/h3-10,12H,2H2,1H3. The van der Waals surface area contributed by atoms with Gasteiger partial charge in [-0.1, -0.05) is 6.08 Å². The molecule has 0 amide bonds. The summed E-state index contributed by atoms with van der Waals surface area (Å²) < 4.78 is 2.18. The molecule has 1 aliphatic rings. The highest BCUT2D eigenvalue weighted by Gasteiger charge is 2.26. The fourth-order valence-electron chi connectivity index (χ4n) is 2.66. The third-order valence-electron chi connectivity index (χ3n) is 3.61. The minimum atomic E-state index is -0.0662. The van der Waals surface area contributed by atoms with Gasteiger partial charge in [0.1, 0.15) is 11.9 Å². The number of hydrazone groups is 1. The Balaban J connectivity index is 1.86. The molecule has 110 valence electrons. The topological polar surface area (TPSA) is 59.2 Å². The maximum Gasteiger partial charge on any atom is 0.206 e. The highest BCUT2D eigenvalue weighted by Crippen LogP contribution is 2.32. The quantitative estimate of drug-likeness (QED) is 0.746. The SMILES string of the molecule is CCn1c(C2C=CC=NN2c2nccs2)nc2ccncc21. The molecule has 0 N–H and O–H groups in total. The molecule has 0 saturated heterocycles. The van der Waals surface area contributed by atoms with Crippen LogP contribution < -0.4 is 5.01 Å². The predicted molar refractivity (Wildman–Crippen MR) is 88.2 cm³/mol. The van der Waals surface area contributed by atoms with E-state index in [1.807, 2.05) is 28.7 Å². The Labute approximate surface area is 131 Å². The van der Waals surface area contributed by atoms with Crippen LogP contribution in [0.15, 0.2) is 47.3 Å². The minimum Gasteiger partial charge on any atom is -0.325 e. The normalized spacial score (nSPS) is 17.5. The molecule has 1 aliphatic heterocycles. The molecule has 0 aromatic carbocycles. The molecule has 3 aromatic heterocycles. The summed E-state index contributed by atoms with van der Waals surface area (Å²) in [5.74, 6) is 0.953. The smallest absolute Gasteiger partial charge is 0.206 e. The molecule has 0 radical (unpaired) electrons. The average molecular weight is 310 g/mol. The van der Waals surface area contributed by atoms with Gasteiger partial charge < -0.3 is 4.57 Å². The van der Waals surface area contributed by atoms with Gasteiger partial charge >= 0.3 is 0 Å². The summed E-state index contributed by atoms with van der Waals surface area (Å²) in [5, 5.41) is 9.19. The molecule has 0 fully saturated rings. The molecule has 7 heteroatoms. The third-order valence-corrected chi connectivity index (χ3v) is 4.37. The van der Waals surface area contributed by atoms with E-state index in [9.17, 15) is 0 Å². The molecular formula is C15H14N6S. The molecule has 0 bridgehead atoms. The van der Waals surface area contributed by atoms with Gasteiger partial charge in [-0.05, 0) is 19.1 Å². The molecule has 0 saturated carbocycles. The number of nitrogens with zero attached hydrogens (tertiary/aromatic N) is 6. The molecule has 6 nitrogen and oxygen atoms in total. The van der Waals surface area contributed by atoms with Crippen molar-refractivity contribution in [2.45, 2.75) is 19.5 Å². The molecule has 3 aromatic rings. The van der Waals surface area contributed by atoms with Gasteiger partial charge in [0.2, 0.25) is 5.13 Å². The highest BCUT2D eigenvalue weighted by molar-refractivity contribution is 7.13.